The molecule has 0 aliphatic heterocycles. The summed E-state index contributed by atoms with van der Waals surface area (Å²) in [6.45, 7) is 32.7. The minimum atomic E-state index is -3.26. The van der Waals surface area contributed by atoms with Gasteiger partial charge in [0.25, 0.3) is 0 Å². The number of benzene rings is 12. The van der Waals surface area contributed by atoms with Crippen LogP contribution in [0.1, 0.15) is 130 Å². The molecule has 6 aliphatic carbocycles. The summed E-state index contributed by atoms with van der Waals surface area (Å²) in [7, 11) is -6.36. The molecule has 0 fully saturated rings. The lowest BCUT2D eigenvalue weighted by molar-refractivity contribution is -0.0594. The standard InChI is InChI=1S/C26H30O4.C20H24O5Si.C19H18O3.C17H18O3Si.C17H12O2.C16H16O3Si/c1-4-13-28-17-26(6-3,18-29-14-5-2)19-30-16-22-15-21-11-7-9-20-10-8-12-23(24(20)21)25(22)27;1-4-22-26(23-5-2,24-6-3)25-14-17-13-16-11-7-9-15-10-8-12-18(19(15)16)20(17)21;1-2-9-21-10-11-22-13-16-12-15-7-3-5-14-6-4-8-17(18(14)15)19(16)20;1-19-21(2,3)20-11-14-10-13-8-4-6-12-7-5-9-15(16(12)13)17(14)18;1-2-9-19-11-14-10-13-7-3-5-12-6-4-8-15(16(12)13)17(14)18;1-20(2,18)19-10-13-9-12-7-3-5-11-6-4-8-14(15(11)12)16(13)17/h4-5,7-12,15H,1-2,6,13-14,16-19H2,3H3;7-13H,4-6,14H2,1-3H3;2-8,12H,1,9-11,13H2;4-10H,11H2,1-3H3;1,3-8,10H,9,11H2;3-9,18H,10H2,1-2H3. The van der Waals surface area contributed by atoms with Crippen molar-refractivity contribution in [1.29, 1.82) is 0 Å². The third-order valence-electron chi connectivity index (χ3n) is 23.8. The van der Waals surface area contributed by atoms with Crippen molar-refractivity contribution >= 4 is 162 Å². The van der Waals surface area contributed by atoms with E-state index in [1.165, 1.54) is 0 Å². The van der Waals surface area contributed by atoms with Crippen LogP contribution < -0.4 is 0 Å². The predicted molar refractivity (Wildman–Crippen MR) is 557 cm³/mol. The predicted octanol–water partition coefficient (Wildman–Crippen LogP) is 22.8. The third-order valence-corrected chi connectivity index (χ3v) is 28.9. The molecule has 710 valence electrons. The van der Waals surface area contributed by atoms with Crippen LogP contribution in [-0.2, 0) is 59.4 Å². The van der Waals surface area contributed by atoms with Crippen LogP contribution in [0.4, 0.5) is 0 Å². The quantitative estimate of drug-likeness (QED) is 0.0163. The molecule has 0 saturated carbocycles. The SMILES string of the molecule is C#CCOCC1=Cc2cccc3cccc(c23)C1=O.C=CCOCC(CC)(COCC=C)COCC1=Cc2cccc3cccc(c23)C1=O.C=CCOCCOCC1=Cc2cccc3cccc(c23)C1=O.CCO[Si](OCC)(OCC)OCC1=Cc2cccc3cccc(c23)C1=O.CO[Si](C)(C)OCC1=Cc2cccc3cccc(c23)C1=O.C[Si](C)(O)OCC1=Cc2cccc3cccc(c23)C1=O. The monoisotopic (exact) mass is 1900 g/mol. The Kier molecular flexibility index (Phi) is 36.3. The number of hydrogen-bond acceptors (Lipinski definition) is 20. The van der Waals surface area contributed by atoms with Crippen LogP contribution in [0.5, 0.6) is 0 Å². The lowest BCUT2D eigenvalue weighted by atomic mass is 9.87. The molecule has 138 heavy (non-hydrogen) atoms. The van der Waals surface area contributed by atoms with Crippen molar-refractivity contribution in [1.82, 2.24) is 0 Å². The number of terminal acetylenes is 1. The van der Waals surface area contributed by atoms with Crippen LogP contribution in [0.15, 0.2) is 290 Å². The normalized spacial score (nSPS) is 13.8. The summed E-state index contributed by atoms with van der Waals surface area (Å²) in [5.41, 5.74) is 14.4. The van der Waals surface area contributed by atoms with E-state index in [0.29, 0.717) is 125 Å². The Morgan fingerprint density at radius 2 is 0.580 bits per heavy atom. The van der Waals surface area contributed by atoms with E-state index < -0.39 is 26.2 Å². The van der Waals surface area contributed by atoms with E-state index in [2.05, 4.69) is 32.6 Å². The zero-order chi connectivity index (χ0) is 97.9. The number of hydrogen-bond donors (Lipinski definition) is 1. The molecular weight excluding hydrogens is 1790 g/mol. The van der Waals surface area contributed by atoms with Crippen molar-refractivity contribution in [3.05, 3.63) is 357 Å². The number of ether oxygens (including phenoxy) is 6. The Balaban J connectivity index is 0.000000141. The molecule has 0 heterocycles. The van der Waals surface area contributed by atoms with Crippen LogP contribution in [0.2, 0.25) is 26.2 Å². The number of carbonyl (C=O) groups excluding carboxylic acids is 6. The number of carbonyl (C=O) groups is 6. The van der Waals surface area contributed by atoms with Crippen molar-refractivity contribution in [2.24, 2.45) is 5.41 Å². The van der Waals surface area contributed by atoms with Gasteiger partial charge in [-0.1, -0.05) is 249 Å². The summed E-state index contributed by atoms with van der Waals surface area (Å²) in [6, 6.07) is 71.2. The van der Waals surface area contributed by atoms with Gasteiger partial charge >= 0.3 is 26.2 Å². The fourth-order valence-corrected chi connectivity index (χ4v) is 20.0. The van der Waals surface area contributed by atoms with Crippen molar-refractivity contribution < 1.29 is 93.0 Å². The molecule has 0 spiro atoms. The van der Waals surface area contributed by atoms with Gasteiger partial charge in [0.2, 0.25) is 0 Å². The van der Waals surface area contributed by atoms with Gasteiger partial charge in [-0.2, -0.15) is 0 Å². The highest BCUT2D eigenvalue weighted by molar-refractivity contribution is 6.64. The van der Waals surface area contributed by atoms with E-state index in [1.807, 2.05) is 289 Å². The summed E-state index contributed by atoms with van der Waals surface area (Å²) >= 11 is 0. The second-order valence-corrected chi connectivity index (χ2v) is 43.1. The molecule has 0 saturated heterocycles. The largest absolute Gasteiger partial charge is 0.679 e. The zero-order valence-electron chi connectivity index (χ0n) is 79.8. The maximum atomic E-state index is 13.0. The van der Waals surface area contributed by atoms with Crippen molar-refractivity contribution in [2.75, 3.05) is 126 Å². The van der Waals surface area contributed by atoms with Gasteiger partial charge in [0.1, 0.15) is 6.61 Å². The fourth-order valence-electron chi connectivity index (χ4n) is 17.0. The molecule has 0 bridgehead atoms. The van der Waals surface area contributed by atoms with Gasteiger partial charge < -0.3 is 64.2 Å². The molecule has 12 aromatic rings. The van der Waals surface area contributed by atoms with Gasteiger partial charge in [-0.05, 0) is 156 Å². The van der Waals surface area contributed by atoms with Crippen molar-refractivity contribution in [2.45, 2.75) is 60.3 Å². The van der Waals surface area contributed by atoms with Gasteiger partial charge in [0.05, 0.1) is 92.5 Å². The Hall–Kier alpha value is -12.5. The van der Waals surface area contributed by atoms with E-state index in [4.69, 9.17) is 65.8 Å². The molecule has 1 N–H and O–H groups in total. The fraction of sp³-hybridized carbons (Fsp3) is 0.252. The molecular formula is C115H118O20Si3. The zero-order valence-corrected chi connectivity index (χ0v) is 82.8. The first-order valence-electron chi connectivity index (χ1n) is 46.3. The first-order valence-corrected chi connectivity index (χ1v) is 53.6. The average molecular weight is 1900 g/mol. The number of ketones is 6. The number of rotatable bonds is 39. The van der Waals surface area contributed by atoms with Crippen LogP contribution in [0.3, 0.4) is 0 Å². The Bertz CT molecular complexity index is 6750. The molecule has 23 heteroatoms. The van der Waals surface area contributed by atoms with Gasteiger partial charge in [-0.25, -0.2) is 0 Å². The summed E-state index contributed by atoms with van der Waals surface area (Å²) in [5.74, 6) is 2.54. The summed E-state index contributed by atoms with van der Waals surface area (Å²) in [4.78, 5) is 85.8. The molecule has 18 rings (SSSR count). The van der Waals surface area contributed by atoms with Crippen LogP contribution >= 0.6 is 0 Å². The highest BCUT2D eigenvalue weighted by Gasteiger charge is 2.46. The maximum absolute atomic E-state index is 13.0. The number of Topliss-reactive ketones (excluding diaryl/α,β-unsaturated/α-hetero) is 6. The lowest BCUT2D eigenvalue weighted by Crippen LogP contribution is -2.50. The van der Waals surface area contributed by atoms with E-state index in [0.717, 1.165) is 132 Å². The molecule has 0 amide bonds. The lowest BCUT2D eigenvalue weighted by Gasteiger charge is -2.32. The average Bonchev–Trinajstić information content (AvgIpc) is 0.786. The molecule has 12 aromatic carbocycles. The van der Waals surface area contributed by atoms with Crippen LogP contribution in [0.25, 0.3) is 101 Å². The molecule has 0 aromatic heterocycles. The van der Waals surface area contributed by atoms with E-state index in [-0.39, 0.29) is 73.1 Å². The van der Waals surface area contributed by atoms with Gasteiger partial charge in [0, 0.05) is 131 Å². The molecule has 0 unspecified atom stereocenters. The van der Waals surface area contributed by atoms with E-state index >= 15 is 0 Å². The van der Waals surface area contributed by atoms with Crippen molar-refractivity contribution in [3.8, 4) is 12.3 Å². The molecule has 0 radical (unpaired) electrons. The van der Waals surface area contributed by atoms with Gasteiger partial charge in [-0.3, -0.25) is 28.8 Å². The minimum Gasteiger partial charge on any atom is -0.411 e. The highest BCUT2D eigenvalue weighted by atomic mass is 28.4. The first kappa shape index (κ1) is 103. The smallest absolute Gasteiger partial charge is 0.411 e. The summed E-state index contributed by atoms with van der Waals surface area (Å²) < 4.78 is 73.3. The maximum Gasteiger partial charge on any atom is 0.679 e. The van der Waals surface area contributed by atoms with E-state index in [1.54, 1.807) is 38.4 Å². The highest BCUT2D eigenvalue weighted by Crippen LogP contribution is 2.40. The Morgan fingerprint density at radius 1 is 0.326 bits per heavy atom. The Labute approximate surface area is 810 Å². The van der Waals surface area contributed by atoms with Crippen LogP contribution in [0, 0.1) is 17.8 Å². The van der Waals surface area contributed by atoms with Gasteiger partial charge in [0.15, 0.2) is 34.7 Å². The van der Waals surface area contributed by atoms with Gasteiger partial charge in [-0.15, -0.1) is 26.2 Å². The minimum absolute atomic E-state index is 0.00690. The second kappa shape index (κ2) is 48.7. The second-order valence-electron chi connectivity index (χ2n) is 34.3. The summed E-state index contributed by atoms with van der Waals surface area (Å²) in [6.07, 6.45) is 22.6. The third kappa shape index (κ3) is 25.2. The first-order chi connectivity index (χ1) is 66.9. The summed E-state index contributed by atoms with van der Waals surface area (Å²) in [5, 5.41) is 12.6. The topological polar surface area (TPSA) is 243 Å². The molecule has 20 nitrogen and oxygen atoms in total. The molecule has 0 atom stereocenters. The van der Waals surface area contributed by atoms with Crippen LogP contribution in [-0.4, -0.2) is 192 Å². The van der Waals surface area contributed by atoms with Crippen molar-refractivity contribution in [3.63, 3.8) is 0 Å². The Morgan fingerprint density at radius 3 is 0.855 bits per heavy atom. The van der Waals surface area contributed by atoms with E-state index in [9.17, 15) is 33.6 Å². The molecule has 6 aliphatic rings.